The van der Waals surface area contributed by atoms with Crippen LogP contribution in [-0.2, 0) is 16.0 Å². The zero-order chi connectivity index (χ0) is 19.4. The van der Waals surface area contributed by atoms with E-state index in [0.29, 0.717) is 24.2 Å². The molecular weight excluding hydrogens is 326 g/mol. The smallest absolute Gasteiger partial charge is 0.224 e. The molecule has 26 heavy (non-hydrogen) atoms. The van der Waals surface area contributed by atoms with Gasteiger partial charge in [0.2, 0.25) is 11.8 Å². The van der Waals surface area contributed by atoms with Gasteiger partial charge < -0.3 is 16.4 Å². The van der Waals surface area contributed by atoms with E-state index in [1.54, 1.807) is 6.07 Å². The van der Waals surface area contributed by atoms with Crippen molar-refractivity contribution in [1.29, 1.82) is 0 Å². The first kappa shape index (κ1) is 22.0. The molecule has 0 saturated heterocycles. The van der Waals surface area contributed by atoms with Gasteiger partial charge in [-0.15, -0.1) is 0 Å². The molecule has 1 aromatic rings. The standard InChI is InChI=1S/C21H35N3O2/c1-4-7-10-11-17-18(22)14-16(23-20(25)12-8-5-2)15-19(17)24-21(26)13-9-6-3/h14-15H,4-13,22H2,1-3H3,(H,23,25)(H,24,26). The van der Waals surface area contributed by atoms with E-state index in [4.69, 9.17) is 5.73 Å². The number of amides is 2. The summed E-state index contributed by atoms with van der Waals surface area (Å²) in [5, 5.41) is 5.90. The van der Waals surface area contributed by atoms with Crippen molar-refractivity contribution in [1.82, 2.24) is 0 Å². The summed E-state index contributed by atoms with van der Waals surface area (Å²) >= 11 is 0. The SMILES string of the molecule is CCCCCc1c(N)cc(NC(=O)CCCC)cc1NC(=O)CCCC. The van der Waals surface area contributed by atoms with Crippen LogP contribution in [0.3, 0.4) is 0 Å². The lowest BCUT2D eigenvalue weighted by molar-refractivity contribution is -0.117. The summed E-state index contributed by atoms with van der Waals surface area (Å²) in [6.45, 7) is 6.28. The van der Waals surface area contributed by atoms with Crippen LogP contribution in [-0.4, -0.2) is 11.8 Å². The number of nitrogens with one attached hydrogen (secondary N) is 2. The Balaban J connectivity index is 2.97. The number of nitrogens with two attached hydrogens (primary N) is 1. The van der Waals surface area contributed by atoms with Gasteiger partial charge in [0, 0.05) is 29.9 Å². The molecule has 0 atom stereocenters. The average Bonchev–Trinajstić information content (AvgIpc) is 2.60. The van der Waals surface area contributed by atoms with Crippen LogP contribution in [0.1, 0.15) is 84.1 Å². The number of nitrogen functional groups attached to an aromatic ring is 1. The highest BCUT2D eigenvalue weighted by Crippen LogP contribution is 2.30. The zero-order valence-corrected chi connectivity index (χ0v) is 16.6. The van der Waals surface area contributed by atoms with E-state index in [1.807, 2.05) is 6.07 Å². The first-order chi connectivity index (χ1) is 12.5. The number of hydrogen-bond donors (Lipinski definition) is 3. The van der Waals surface area contributed by atoms with Crippen molar-refractivity contribution in [2.75, 3.05) is 16.4 Å². The number of carbonyl (C=O) groups excluding carboxylic acids is 2. The van der Waals surface area contributed by atoms with Crippen molar-refractivity contribution in [2.45, 2.75) is 85.0 Å². The van der Waals surface area contributed by atoms with E-state index in [2.05, 4.69) is 31.4 Å². The molecule has 146 valence electrons. The Hall–Kier alpha value is -2.04. The monoisotopic (exact) mass is 361 g/mol. The molecule has 0 aliphatic rings. The van der Waals surface area contributed by atoms with Gasteiger partial charge in [0.05, 0.1) is 0 Å². The summed E-state index contributed by atoms with van der Waals surface area (Å²) in [7, 11) is 0. The summed E-state index contributed by atoms with van der Waals surface area (Å²) < 4.78 is 0. The maximum atomic E-state index is 12.2. The van der Waals surface area contributed by atoms with Gasteiger partial charge in [-0.25, -0.2) is 0 Å². The van der Waals surface area contributed by atoms with E-state index in [0.717, 1.165) is 62.6 Å². The summed E-state index contributed by atoms with van der Waals surface area (Å²) in [4.78, 5) is 24.2. The highest BCUT2D eigenvalue weighted by atomic mass is 16.2. The molecule has 1 rings (SSSR count). The number of benzene rings is 1. The summed E-state index contributed by atoms with van der Waals surface area (Å²) in [6.07, 6.45) is 8.77. The molecule has 5 nitrogen and oxygen atoms in total. The largest absolute Gasteiger partial charge is 0.398 e. The Morgan fingerprint density at radius 3 is 2.00 bits per heavy atom. The summed E-state index contributed by atoms with van der Waals surface area (Å²) in [5.41, 5.74) is 9.22. The van der Waals surface area contributed by atoms with Crippen LogP contribution < -0.4 is 16.4 Å². The molecule has 0 saturated carbocycles. The van der Waals surface area contributed by atoms with Crippen molar-refractivity contribution < 1.29 is 9.59 Å². The lowest BCUT2D eigenvalue weighted by Crippen LogP contribution is -2.16. The van der Waals surface area contributed by atoms with Gasteiger partial charge >= 0.3 is 0 Å². The van der Waals surface area contributed by atoms with Gasteiger partial charge in [-0.2, -0.15) is 0 Å². The molecule has 0 aromatic heterocycles. The highest BCUT2D eigenvalue weighted by Gasteiger charge is 2.13. The average molecular weight is 362 g/mol. The zero-order valence-electron chi connectivity index (χ0n) is 16.6. The van der Waals surface area contributed by atoms with Crippen molar-refractivity contribution >= 4 is 28.9 Å². The minimum atomic E-state index is -0.0201. The third-order valence-electron chi connectivity index (χ3n) is 4.39. The summed E-state index contributed by atoms with van der Waals surface area (Å²) in [6, 6.07) is 3.64. The second-order valence-electron chi connectivity index (χ2n) is 6.85. The van der Waals surface area contributed by atoms with Crippen LogP contribution in [0.15, 0.2) is 12.1 Å². The van der Waals surface area contributed by atoms with E-state index in [-0.39, 0.29) is 11.8 Å². The Morgan fingerprint density at radius 1 is 0.846 bits per heavy atom. The Morgan fingerprint density at radius 2 is 1.42 bits per heavy atom. The van der Waals surface area contributed by atoms with Gasteiger partial charge in [0.1, 0.15) is 0 Å². The second kappa shape index (κ2) is 12.3. The van der Waals surface area contributed by atoms with E-state index < -0.39 is 0 Å². The Bertz CT molecular complexity index is 585. The Kier molecular flexibility index (Phi) is 10.4. The minimum Gasteiger partial charge on any atom is -0.398 e. The molecule has 0 radical (unpaired) electrons. The molecule has 0 spiro atoms. The quantitative estimate of drug-likeness (QED) is 0.351. The number of anilines is 3. The molecule has 0 fully saturated rings. The van der Waals surface area contributed by atoms with Gasteiger partial charge in [-0.1, -0.05) is 46.5 Å². The molecule has 1 aromatic carbocycles. The highest BCUT2D eigenvalue weighted by molar-refractivity contribution is 5.96. The molecule has 0 aliphatic heterocycles. The van der Waals surface area contributed by atoms with Crippen LogP contribution >= 0.6 is 0 Å². The lowest BCUT2D eigenvalue weighted by Gasteiger charge is -2.16. The van der Waals surface area contributed by atoms with E-state index >= 15 is 0 Å². The molecule has 5 heteroatoms. The van der Waals surface area contributed by atoms with Crippen molar-refractivity contribution in [3.05, 3.63) is 17.7 Å². The van der Waals surface area contributed by atoms with Crippen molar-refractivity contribution in [2.24, 2.45) is 0 Å². The molecular formula is C21H35N3O2. The number of rotatable bonds is 12. The first-order valence-corrected chi connectivity index (χ1v) is 10.0. The van der Waals surface area contributed by atoms with Crippen LogP contribution in [0.2, 0.25) is 0 Å². The molecule has 0 unspecified atom stereocenters. The number of unbranched alkanes of at least 4 members (excludes halogenated alkanes) is 4. The van der Waals surface area contributed by atoms with Crippen LogP contribution in [0, 0.1) is 0 Å². The predicted molar refractivity (Wildman–Crippen MR) is 110 cm³/mol. The second-order valence-corrected chi connectivity index (χ2v) is 6.85. The third-order valence-corrected chi connectivity index (χ3v) is 4.39. The van der Waals surface area contributed by atoms with Crippen molar-refractivity contribution in [3.8, 4) is 0 Å². The fraction of sp³-hybridized carbons (Fsp3) is 0.619. The lowest BCUT2D eigenvalue weighted by atomic mass is 10.0. The van der Waals surface area contributed by atoms with Gasteiger partial charge in [-0.3, -0.25) is 9.59 Å². The minimum absolute atomic E-state index is 0.00236. The molecule has 4 N–H and O–H groups in total. The van der Waals surface area contributed by atoms with Crippen LogP contribution in [0.25, 0.3) is 0 Å². The normalized spacial score (nSPS) is 10.6. The van der Waals surface area contributed by atoms with E-state index in [1.165, 1.54) is 0 Å². The van der Waals surface area contributed by atoms with Crippen LogP contribution in [0.5, 0.6) is 0 Å². The Labute approximate surface area is 158 Å². The fourth-order valence-electron chi connectivity index (χ4n) is 2.82. The third kappa shape index (κ3) is 7.89. The van der Waals surface area contributed by atoms with Gasteiger partial charge in [0.15, 0.2) is 0 Å². The maximum Gasteiger partial charge on any atom is 0.224 e. The van der Waals surface area contributed by atoms with Crippen LogP contribution in [0.4, 0.5) is 17.1 Å². The maximum absolute atomic E-state index is 12.2. The molecule has 0 aliphatic carbocycles. The first-order valence-electron chi connectivity index (χ1n) is 10.0. The predicted octanol–water partition coefficient (Wildman–Crippen LogP) is 5.26. The van der Waals surface area contributed by atoms with Crippen molar-refractivity contribution in [3.63, 3.8) is 0 Å². The number of carbonyl (C=O) groups is 2. The molecule has 2 amide bonds. The molecule has 0 bridgehead atoms. The number of hydrogen-bond acceptors (Lipinski definition) is 3. The van der Waals surface area contributed by atoms with Gasteiger partial charge in [-0.05, 0) is 43.4 Å². The fourth-order valence-corrected chi connectivity index (χ4v) is 2.82. The molecule has 0 heterocycles. The van der Waals surface area contributed by atoms with Gasteiger partial charge in [0.25, 0.3) is 0 Å². The topological polar surface area (TPSA) is 84.2 Å². The summed E-state index contributed by atoms with van der Waals surface area (Å²) in [5.74, 6) is -0.0225. The van der Waals surface area contributed by atoms with E-state index in [9.17, 15) is 9.59 Å².